The summed E-state index contributed by atoms with van der Waals surface area (Å²) in [5.41, 5.74) is 0.545. The maximum Gasteiger partial charge on any atom is 0.346 e. The average Bonchev–Trinajstić information content (AvgIpc) is 2.52. The van der Waals surface area contributed by atoms with Gasteiger partial charge in [-0.3, -0.25) is 9.36 Å². The maximum atomic E-state index is 12.7. The van der Waals surface area contributed by atoms with Crippen LogP contribution < -0.4 is 11.2 Å². The second-order valence-electron chi connectivity index (χ2n) is 4.77. The molecular weight excluding hydrogens is 393 g/mol. The van der Waals surface area contributed by atoms with E-state index >= 15 is 0 Å². The summed E-state index contributed by atoms with van der Waals surface area (Å²) in [6.07, 6.45) is 1.22. The van der Waals surface area contributed by atoms with Gasteiger partial charge in [0.2, 0.25) is 0 Å². The summed E-state index contributed by atoms with van der Waals surface area (Å²) in [5.74, 6) is 0. The maximum absolute atomic E-state index is 12.7. The smallest absolute Gasteiger partial charge is 0.267 e. The Labute approximate surface area is 156 Å². The van der Waals surface area contributed by atoms with E-state index in [4.69, 9.17) is 34.8 Å². The van der Waals surface area contributed by atoms with Gasteiger partial charge in [0.25, 0.3) is 5.56 Å². The molecule has 9 heteroatoms. The van der Waals surface area contributed by atoms with Crippen LogP contribution in [0.4, 0.5) is 0 Å². The molecule has 24 heavy (non-hydrogen) atoms. The van der Waals surface area contributed by atoms with Gasteiger partial charge in [-0.25, -0.2) is 4.79 Å². The largest absolute Gasteiger partial charge is 0.346 e. The van der Waals surface area contributed by atoms with Gasteiger partial charge < -0.3 is 0 Å². The fraction of sp³-hybridized carbons (Fsp3) is 0.133. The zero-order valence-electron chi connectivity index (χ0n) is 12.5. The van der Waals surface area contributed by atoms with E-state index in [-0.39, 0.29) is 14.4 Å². The SMILES string of the molecule is Cc1cccc(C)c1-n1cc(C#N)c(=O)n(SC(Cl)=C(Cl)Cl)c1=O. The van der Waals surface area contributed by atoms with E-state index in [2.05, 4.69) is 0 Å². The molecule has 0 unspecified atom stereocenters. The average molecular weight is 403 g/mol. The van der Waals surface area contributed by atoms with Crippen LogP contribution in [0, 0.1) is 25.2 Å². The number of nitriles is 1. The van der Waals surface area contributed by atoms with Crippen molar-refractivity contribution in [2.75, 3.05) is 0 Å². The number of rotatable bonds is 3. The minimum atomic E-state index is -0.789. The second-order valence-corrected chi connectivity index (χ2v) is 7.28. The highest BCUT2D eigenvalue weighted by atomic mass is 35.5. The van der Waals surface area contributed by atoms with Crippen molar-refractivity contribution < 1.29 is 0 Å². The molecule has 1 aromatic heterocycles. The zero-order valence-corrected chi connectivity index (χ0v) is 15.6. The number of nitrogens with zero attached hydrogens (tertiary/aromatic N) is 3. The first kappa shape index (κ1) is 18.7. The molecule has 0 aliphatic carbocycles. The van der Waals surface area contributed by atoms with E-state index in [1.807, 2.05) is 32.0 Å². The minimum absolute atomic E-state index is 0.152. The van der Waals surface area contributed by atoms with Crippen LogP contribution in [0.1, 0.15) is 16.7 Å². The van der Waals surface area contributed by atoms with Crippen molar-refractivity contribution in [1.29, 1.82) is 5.26 Å². The van der Waals surface area contributed by atoms with Crippen LogP contribution in [0.3, 0.4) is 0 Å². The minimum Gasteiger partial charge on any atom is -0.267 e. The Kier molecular flexibility index (Phi) is 5.83. The third kappa shape index (κ3) is 3.55. The molecule has 5 nitrogen and oxygen atoms in total. The number of hydrogen-bond donors (Lipinski definition) is 0. The predicted molar refractivity (Wildman–Crippen MR) is 98.1 cm³/mol. The molecule has 2 aromatic rings. The number of benzene rings is 1. The molecule has 0 aliphatic heterocycles. The van der Waals surface area contributed by atoms with Gasteiger partial charge in [-0.05, 0) is 25.0 Å². The van der Waals surface area contributed by atoms with E-state index < -0.39 is 11.2 Å². The molecular formula is C15H10Cl3N3O2S. The normalized spacial score (nSPS) is 10.3. The van der Waals surface area contributed by atoms with Gasteiger partial charge in [-0.1, -0.05) is 53.0 Å². The molecule has 0 atom stereocenters. The number of para-hydroxylation sites is 1. The monoisotopic (exact) mass is 401 g/mol. The van der Waals surface area contributed by atoms with Crippen molar-refractivity contribution in [2.24, 2.45) is 0 Å². The molecule has 1 aromatic carbocycles. The van der Waals surface area contributed by atoms with Gasteiger partial charge in [-0.15, -0.1) is 0 Å². The summed E-state index contributed by atoms with van der Waals surface area (Å²) in [6, 6.07) is 7.28. The van der Waals surface area contributed by atoms with Crippen LogP contribution in [0.15, 0.2) is 42.8 Å². The number of halogens is 3. The summed E-state index contributed by atoms with van der Waals surface area (Å²) in [4.78, 5) is 25.0. The molecule has 0 spiro atoms. The van der Waals surface area contributed by atoms with E-state index in [9.17, 15) is 14.9 Å². The predicted octanol–water partition coefficient (Wildman–Crippen LogP) is 3.83. The highest BCUT2D eigenvalue weighted by Gasteiger charge is 2.17. The van der Waals surface area contributed by atoms with Gasteiger partial charge in [0.05, 0.1) is 5.69 Å². The summed E-state index contributed by atoms with van der Waals surface area (Å²) in [6.45, 7) is 3.65. The molecule has 0 amide bonds. The van der Waals surface area contributed by atoms with Crippen LogP contribution >= 0.6 is 46.8 Å². The molecule has 0 aliphatic rings. The van der Waals surface area contributed by atoms with Crippen LogP contribution in [0.2, 0.25) is 0 Å². The molecule has 0 bridgehead atoms. The Balaban J connectivity index is 2.86. The molecule has 0 saturated carbocycles. The Morgan fingerprint density at radius 3 is 2.25 bits per heavy atom. The third-order valence-electron chi connectivity index (χ3n) is 3.17. The number of hydrogen-bond acceptors (Lipinski definition) is 4. The van der Waals surface area contributed by atoms with Crippen LogP contribution in [0.5, 0.6) is 0 Å². The Morgan fingerprint density at radius 1 is 1.17 bits per heavy atom. The molecule has 0 fully saturated rings. The van der Waals surface area contributed by atoms with E-state index in [1.54, 1.807) is 6.07 Å². The molecule has 124 valence electrons. The van der Waals surface area contributed by atoms with Gasteiger partial charge in [-0.2, -0.15) is 9.23 Å². The van der Waals surface area contributed by atoms with E-state index in [0.717, 1.165) is 15.1 Å². The van der Waals surface area contributed by atoms with Gasteiger partial charge in [0, 0.05) is 18.1 Å². The Hall–Kier alpha value is -1.65. The summed E-state index contributed by atoms with van der Waals surface area (Å²) in [5, 5.41) is 9.20. The second kappa shape index (κ2) is 7.49. The Bertz CT molecular complexity index is 978. The molecule has 0 saturated heterocycles. The van der Waals surface area contributed by atoms with Crippen molar-refractivity contribution >= 4 is 46.8 Å². The molecule has 0 N–H and O–H groups in total. The fourth-order valence-corrected chi connectivity index (χ4v) is 3.14. The van der Waals surface area contributed by atoms with Crippen molar-refractivity contribution in [3.05, 3.63) is 70.8 Å². The van der Waals surface area contributed by atoms with Crippen molar-refractivity contribution in [2.45, 2.75) is 13.8 Å². The number of aromatic nitrogens is 2. The van der Waals surface area contributed by atoms with Crippen molar-refractivity contribution in [1.82, 2.24) is 8.54 Å². The fourth-order valence-electron chi connectivity index (χ4n) is 2.15. The lowest BCUT2D eigenvalue weighted by molar-refractivity contribution is 0.849. The summed E-state index contributed by atoms with van der Waals surface area (Å²) < 4.78 is 1.55. The summed E-state index contributed by atoms with van der Waals surface area (Å²) in [7, 11) is 0. The standard InChI is InChI=1S/C15H10Cl3N3O2S/c1-8-4-3-5-9(2)11(8)20-7-10(6-19)14(22)21(15(20)23)24-13(18)12(16)17/h3-5,7H,1-2H3. The van der Waals surface area contributed by atoms with Crippen molar-refractivity contribution in [3.63, 3.8) is 0 Å². The van der Waals surface area contributed by atoms with Crippen LogP contribution in [0.25, 0.3) is 5.69 Å². The first-order chi connectivity index (χ1) is 11.3. The zero-order chi connectivity index (χ0) is 18.0. The van der Waals surface area contributed by atoms with Crippen LogP contribution in [-0.4, -0.2) is 8.54 Å². The van der Waals surface area contributed by atoms with Gasteiger partial charge in [0.1, 0.15) is 20.5 Å². The highest BCUT2D eigenvalue weighted by Crippen LogP contribution is 2.28. The molecule has 1 heterocycles. The molecule has 0 radical (unpaired) electrons. The Morgan fingerprint density at radius 2 is 1.75 bits per heavy atom. The van der Waals surface area contributed by atoms with E-state index in [0.29, 0.717) is 17.6 Å². The summed E-state index contributed by atoms with van der Waals surface area (Å²) >= 11 is 17.5. The quantitative estimate of drug-likeness (QED) is 0.782. The lowest BCUT2D eigenvalue weighted by atomic mass is 10.1. The van der Waals surface area contributed by atoms with Gasteiger partial charge in [0.15, 0.2) is 0 Å². The third-order valence-corrected chi connectivity index (χ3v) is 5.23. The first-order valence-corrected chi connectivity index (χ1v) is 8.43. The van der Waals surface area contributed by atoms with Crippen LogP contribution in [-0.2, 0) is 0 Å². The highest BCUT2D eigenvalue weighted by molar-refractivity contribution is 8.03. The van der Waals surface area contributed by atoms with Crippen molar-refractivity contribution in [3.8, 4) is 11.8 Å². The topological polar surface area (TPSA) is 67.8 Å². The first-order valence-electron chi connectivity index (χ1n) is 6.52. The molecule has 2 rings (SSSR count). The van der Waals surface area contributed by atoms with E-state index in [1.165, 1.54) is 10.8 Å². The van der Waals surface area contributed by atoms with Gasteiger partial charge >= 0.3 is 5.69 Å². The lowest BCUT2D eigenvalue weighted by Gasteiger charge is -2.14. The lowest BCUT2D eigenvalue weighted by Crippen LogP contribution is -2.37. The number of aryl methyl sites for hydroxylation is 2.